The van der Waals surface area contributed by atoms with Crippen molar-refractivity contribution >= 4 is 23.4 Å². The van der Waals surface area contributed by atoms with E-state index in [0.717, 1.165) is 35.5 Å². The van der Waals surface area contributed by atoms with Crippen LogP contribution in [0.3, 0.4) is 0 Å². The number of rotatable bonds is 4. The van der Waals surface area contributed by atoms with E-state index in [9.17, 15) is 9.59 Å². The highest BCUT2D eigenvalue weighted by atomic mass is 35.5. The van der Waals surface area contributed by atoms with Gasteiger partial charge in [0.25, 0.3) is 5.91 Å². The molecule has 3 aromatic rings. The number of carbonyl (C=O) groups is 2. The molecule has 2 aliphatic rings. The van der Waals surface area contributed by atoms with Gasteiger partial charge >= 0.3 is 0 Å². The molecule has 1 fully saturated rings. The Hall–Kier alpha value is -3.12. The average Bonchev–Trinajstić information content (AvgIpc) is 3.26. The van der Waals surface area contributed by atoms with Crippen molar-refractivity contribution < 1.29 is 9.59 Å². The van der Waals surface area contributed by atoms with Crippen molar-refractivity contribution in [3.8, 4) is 11.4 Å². The molecule has 7 heteroatoms. The van der Waals surface area contributed by atoms with Crippen LogP contribution in [0.25, 0.3) is 11.4 Å². The third-order valence-electron chi connectivity index (χ3n) is 6.34. The summed E-state index contributed by atoms with van der Waals surface area (Å²) in [5.74, 6) is 0.320. The lowest BCUT2D eigenvalue weighted by Gasteiger charge is -2.28. The van der Waals surface area contributed by atoms with Crippen molar-refractivity contribution in [3.63, 3.8) is 0 Å². The summed E-state index contributed by atoms with van der Waals surface area (Å²) in [6, 6.07) is 17.3. The Kier molecular flexibility index (Phi) is 5.02. The predicted molar refractivity (Wildman–Crippen MR) is 119 cm³/mol. The molecule has 0 radical (unpaired) electrons. The molecule has 2 atom stereocenters. The van der Waals surface area contributed by atoms with Crippen LogP contribution < -0.4 is 5.73 Å². The largest absolute Gasteiger partial charge is 0.364 e. The Morgan fingerprint density at radius 3 is 2.45 bits per heavy atom. The average molecular weight is 435 g/mol. The number of nitrogens with two attached hydrogens (primary N) is 1. The van der Waals surface area contributed by atoms with Gasteiger partial charge in [-0.15, -0.1) is 0 Å². The molecule has 2 aromatic carbocycles. The zero-order valence-corrected chi connectivity index (χ0v) is 17.8. The topological polar surface area (TPSA) is 81.2 Å². The number of hydrogen-bond donors (Lipinski definition) is 1. The van der Waals surface area contributed by atoms with Crippen LogP contribution in [0, 0.1) is 0 Å². The van der Waals surface area contributed by atoms with Gasteiger partial charge in [-0.05, 0) is 30.5 Å². The molecule has 2 N–H and O–H groups in total. The number of halogens is 1. The number of amides is 2. The molecule has 1 saturated heterocycles. The summed E-state index contributed by atoms with van der Waals surface area (Å²) >= 11 is 5.98. The van der Waals surface area contributed by atoms with Crippen LogP contribution in [-0.4, -0.2) is 38.3 Å². The van der Waals surface area contributed by atoms with Crippen molar-refractivity contribution in [2.75, 3.05) is 0 Å². The van der Waals surface area contributed by atoms with E-state index in [2.05, 4.69) is 9.55 Å². The molecule has 2 amide bonds. The van der Waals surface area contributed by atoms with E-state index in [-0.39, 0.29) is 18.0 Å². The molecular formula is C24H23ClN4O2. The minimum absolute atomic E-state index is 0.0458. The molecular weight excluding hydrogens is 412 g/mol. The Morgan fingerprint density at radius 1 is 1.03 bits per heavy atom. The van der Waals surface area contributed by atoms with Crippen molar-refractivity contribution in [2.45, 2.75) is 44.3 Å². The number of primary amides is 1. The van der Waals surface area contributed by atoms with Crippen LogP contribution in [0.1, 0.15) is 34.6 Å². The van der Waals surface area contributed by atoms with E-state index < -0.39 is 5.91 Å². The number of imidazole rings is 1. The third-order valence-corrected chi connectivity index (χ3v) is 6.59. The predicted octanol–water partition coefficient (Wildman–Crippen LogP) is 3.46. The van der Waals surface area contributed by atoms with Crippen molar-refractivity contribution in [1.82, 2.24) is 14.5 Å². The minimum atomic E-state index is -0.525. The maximum absolute atomic E-state index is 13.3. The van der Waals surface area contributed by atoms with Crippen LogP contribution >= 0.6 is 11.6 Å². The lowest BCUT2D eigenvalue weighted by molar-refractivity contribution is -0.133. The Bertz CT molecular complexity index is 1140. The van der Waals surface area contributed by atoms with Gasteiger partial charge in [-0.25, -0.2) is 4.98 Å². The van der Waals surface area contributed by atoms with Crippen molar-refractivity contribution in [3.05, 3.63) is 76.6 Å². The Labute approximate surface area is 185 Å². The molecule has 6 nitrogen and oxygen atoms in total. The maximum Gasteiger partial charge on any atom is 0.269 e. The van der Waals surface area contributed by atoms with E-state index in [4.69, 9.17) is 17.3 Å². The highest BCUT2D eigenvalue weighted by Gasteiger charge is 2.41. The summed E-state index contributed by atoms with van der Waals surface area (Å²) < 4.78 is 2.10. The van der Waals surface area contributed by atoms with E-state index in [1.165, 1.54) is 0 Å². The number of nitrogens with zero attached hydrogens (tertiary/aromatic N) is 3. The summed E-state index contributed by atoms with van der Waals surface area (Å²) in [6.45, 7) is 0.614. The van der Waals surface area contributed by atoms with Gasteiger partial charge in [-0.3, -0.25) is 9.59 Å². The number of benzene rings is 2. The minimum Gasteiger partial charge on any atom is -0.364 e. The first-order chi connectivity index (χ1) is 15.0. The molecule has 5 rings (SSSR count). The first kappa shape index (κ1) is 19.8. The lowest BCUT2D eigenvalue weighted by Crippen LogP contribution is -2.43. The fourth-order valence-corrected chi connectivity index (χ4v) is 5.07. The monoisotopic (exact) mass is 434 g/mol. The first-order valence-electron chi connectivity index (χ1n) is 10.5. The van der Waals surface area contributed by atoms with Gasteiger partial charge in [-0.1, -0.05) is 54.1 Å². The Balaban J connectivity index is 1.49. The normalized spacial score (nSPS) is 19.7. The van der Waals surface area contributed by atoms with E-state index in [0.29, 0.717) is 30.1 Å². The quantitative estimate of drug-likeness (QED) is 0.682. The van der Waals surface area contributed by atoms with E-state index >= 15 is 0 Å². The van der Waals surface area contributed by atoms with Crippen LogP contribution in [0.4, 0.5) is 0 Å². The SMILES string of the molecule is NC(=O)c1nc(-c2ccccc2)n2c1C[C@@H]1CC[C@H](C2)N1C(=O)Cc1ccc(Cl)cc1. The number of fused-ring (bicyclic) bond motifs is 3. The molecule has 2 bridgehead atoms. The van der Waals surface area contributed by atoms with Gasteiger partial charge in [0.05, 0.1) is 18.2 Å². The Morgan fingerprint density at radius 2 is 1.74 bits per heavy atom. The first-order valence-corrected chi connectivity index (χ1v) is 10.9. The second kappa shape index (κ2) is 7.85. The summed E-state index contributed by atoms with van der Waals surface area (Å²) in [7, 11) is 0. The van der Waals surface area contributed by atoms with Gasteiger partial charge in [-0.2, -0.15) is 0 Å². The zero-order chi connectivity index (χ0) is 21.5. The van der Waals surface area contributed by atoms with Crippen LogP contribution in [0.15, 0.2) is 54.6 Å². The molecule has 0 spiro atoms. The molecule has 0 unspecified atom stereocenters. The number of hydrogen-bond acceptors (Lipinski definition) is 3. The number of aromatic nitrogens is 2. The summed E-state index contributed by atoms with van der Waals surface area (Å²) in [4.78, 5) is 32.1. The summed E-state index contributed by atoms with van der Waals surface area (Å²) in [5, 5.41) is 0.658. The standard InChI is InChI=1S/C24H23ClN4O2/c25-17-8-6-15(7-9-17)12-21(30)29-18-10-11-19(29)14-28-20(13-18)22(23(26)31)27-24(28)16-4-2-1-3-5-16/h1-9,18-19H,10-14H2,(H2,26,31)/t18-,19+/m0/s1. The second-order valence-corrected chi connectivity index (χ2v) is 8.70. The molecule has 0 saturated carbocycles. The van der Waals surface area contributed by atoms with Gasteiger partial charge in [0.1, 0.15) is 11.5 Å². The molecule has 3 heterocycles. The molecule has 31 heavy (non-hydrogen) atoms. The molecule has 2 aliphatic heterocycles. The summed E-state index contributed by atoms with van der Waals surface area (Å²) in [6.07, 6.45) is 2.78. The van der Waals surface area contributed by atoms with Gasteiger partial charge in [0.2, 0.25) is 5.91 Å². The fourth-order valence-electron chi connectivity index (χ4n) is 4.95. The molecule has 1 aromatic heterocycles. The van der Waals surface area contributed by atoms with Crippen LogP contribution in [-0.2, 0) is 24.2 Å². The van der Waals surface area contributed by atoms with E-state index in [1.54, 1.807) is 0 Å². The van der Waals surface area contributed by atoms with E-state index in [1.807, 2.05) is 59.5 Å². The highest BCUT2D eigenvalue weighted by molar-refractivity contribution is 6.30. The summed E-state index contributed by atoms with van der Waals surface area (Å²) in [5.41, 5.74) is 8.72. The zero-order valence-electron chi connectivity index (χ0n) is 17.0. The maximum atomic E-state index is 13.3. The smallest absolute Gasteiger partial charge is 0.269 e. The van der Waals surface area contributed by atoms with Crippen LogP contribution in [0.5, 0.6) is 0 Å². The fraction of sp³-hybridized carbons (Fsp3) is 0.292. The van der Waals surface area contributed by atoms with Crippen LogP contribution in [0.2, 0.25) is 5.02 Å². The van der Waals surface area contributed by atoms with Gasteiger partial charge in [0, 0.05) is 29.6 Å². The van der Waals surface area contributed by atoms with Crippen molar-refractivity contribution in [1.29, 1.82) is 0 Å². The van der Waals surface area contributed by atoms with Gasteiger partial charge < -0.3 is 15.2 Å². The third kappa shape index (κ3) is 3.61. The second-order valence-electron chi connectivity index (χ2n) is 8.26. The van der Waals surface area contributed by atoms with Gasteiger partial charge in [0.15, 0.2) is 0 Å². The highest BCUT2D eigenvalue weighted by Crippen LogP contribution is 2.36. The molecule has 158 valence electrons. The van der Waals surface area contributed by atoms with Crippen molar-refractivity contribution in [2.24, 2.45) is 5.73 Å². The lowest BCUT2D eigenvalue weighted by atomic mass is 10.0. The number of carbonyl (C=O) groups excluding carboxylic acids is 2. The molecule has 0 aliphatic carbocycles.